The van der Waals surface area contributed by atoms with Crippen molar-refractivity contribution in [3.8, 4) is 0 Å². The third kappa shape index (κ3) is 4.13. The van der Waals surface area contributed by atoms with Crippen molar-refractivity contribution in [1.82, 2.24) is 0 Å². The van der Waals surface area contributed by atoms with Crippen LogP contribution in [0.2, 0.25) is 0 Å². The van der Waals surface area contributed by atoms with E-state index in [4.69, 9.17) is 10.5 Å². The van der Waals surface area contributed by atoms with E-state index in [-0.39, 0.29) is 6.42 Å². The predicted octanol–water partition coefficient (Wildman–Crippen LogP) is 1.26. The van der Waals surface area contributed by atoms with Crippen molar-refractivity contribution in [3.05, 3.63) is 35.9 Å². The van der Waals surface area contributed by atoms with Crippen LogP contribution in [0.3, 0.4) is 0 Å². The molecule has 0 aliphatic rings. The second-order valence-electron chi connectivity index (χ2n) is 5.48. The van der Waals surface area contributed by atoms with Crippen molar-refractivity contribution >= 4 is 5.97 Å². The number of nitrogens with two attached hydrogens (primary N) is 1. The van der Waals surface area contributed by atoms with Crippen molar-refractivity contribution in [2.75, 3.05) is 6.61 Å². The van der Waals surface area contributed by atoms with Gasteiger partial charge < -0.3 is 15.6 Å². The van der Waals surface area contributed by atoms with Gasteiger partial charge in [-0.3, -0.25) is 0 Å². The average molecular weight is 251 g/mol. The summed E-state index contributed by atoms with van der Waals surface area (Å²) in [5.41, 5.74) is 4.83. The number of benzene rings is 1. The molecule has 0 saturated heterocycles. The van der Waals surface area contributed by atoms with E-state index in [0.717, 1.165) is 5.56 Å². The fourth-order valence-corrected chi connectivity index (χ4v) is 1.53. The fraction of sp³-hybridized carbons (Fsp3) is 0.500. The Morgan fingerprint density at radius 2 is 1.83 bits per heavy atom. The highest BCUT2D eigenvalue weighted by Gasteiger charge is 2.37. The molecule has 1 rings (SSSR count). The third-order valence-electron chi connectivity index (χ3n) is 2.45. The van der Waals surface area contributed by atoms with Gasteiger partial charge in [-0.05, 0) is 26.3 Å². The van der Waals surface area contributed by atoms with Gasteiger partial charge >= 0.3 is 5.97 Å². The van der Waals surface area contributed by atoms with Crippen LogP contribution in [0.25, 0.3) is 0 Å². The van der Waals surface area contributed by atoms with Gasteiger partial charge in [-0.1, -0.05) is 30.3 Å². The van der Waals surface area contributed by atoms with Gasteiger partial charge in [-0.25, -0.2) is 4.79 Å². The SMILES string of the molecule is CC(C)(C)OC(=O)[C@](N)(CO)Cc1ccccc1. The predicted molar refractivity (Wildman–Crippen MR) is 70.0 cm³/mol. The monoisotopic (exact) mass is 251 g/mol. The van der Waals surface area contributed by atoms with Gasteiger partial charge in [-0.15, -0.1) is 0 Å². The standard InChI is InChI=1S/C14H21NO3/c1-13(2,3)18-12(17)14(15,10-16)9-11-7-5-4-6-8-11/h4-8,16H,9-10,15H2,1-3H3/t14-/m1/s1. The number of carbonyl (C=O) groups excluding carboxylic acids is 1. The summed E-state index contributed by atoms with van der Waals surface area (Å²) in [4.78, 5) is 12.0. The second-order valence-corrected chi connectivity index (χ2v) is 5.48. The molecule has 1 aromatic carbocycles. The van der Waals surface area contributed by atoms with Crippen LogP contribution >= 0.6 is 0 Å². The zero-order chi connectivity index (χ0) is 13.8. The molecule has 0 amide bonds. The Labute approximate surface area is 108 Å². The van der Waals surface area contributed by atoms with E-state index in [1.54, 1.807) is 20.8 Å². The number of aliphatic hydroxyl groups is 1. The summed E-state index contributed by atoms with van der Waals surface area (Å²) in [5.74, 6) is -0.582. The molecular formula is C14H21NO3. The zero-order valence-corrected chi connectivity index (χ0v) is 11.1. The van der Waals surface area contributed by atoms with Crippen LogP contribution in [0, 0.1) is 0 Å². The Morgan fingerprint density at radius 1 is 1.28 bits per heavy atom. The molecule has 4 nitrogen and oxygen atoms in total. The van der Waals surface area contributed by atoms with Crippen LogP contribution < -0.4 is 5.73 Å². The van der Waals surface area contributed by atoms with E-state index in [2.05, 4.69) is 0 Å². The Morgan fingerprint density at radius 3 is 2.28 bits per heavy atom. The van der Waals surface area contributed by atoms with Crippen LogP contribution in [0.4, 0.5) is 0 Å². The molecular weight excluding hydrogens is 230 g/mol. The van der Waals surface area contributed by atoms with Crippen molar-refractivity contribution in [3.63, 3.8) is 0 Å². The molecule has 0 aliphatic heterocycles. The average Bonchev–Trinajstić information content (AvgIpc) is 2.28. The van der Waals surface area contributed by atoms with Crippen LogP contribution in [0.1, 0.15) is 26.3 Å². The summed E-state index contributed by atoms with van der Waals surface area (Å²) in [6.45, 7) is 4.86. The first kappa shape index (κ1) is 14.7. The third-order valence-corrected chi connectivity index (χ3v) is 2.45. The number of hydrogen-bond donors (Lipinski definition) is 2. The van der Waals surface area contributed by atoms with Crippen molar-refractivity contribution in [2.24, 2.45) is 5.73 Å². The molecule has 0 bridgehead atoms. The molecule has 4 heteroatoms. The lowest BCUT2D eigenvalue weighted by Crippen LogP contribution is -2.55. The molecule has 0 aromatic heterocycles. The zero-order valence-electron chi connectivity index (χ0n) is 11.1. The van der Waals surface area contributed by atoms with E-state index in [1.165, 1.54) is 0 Å². The van der Waals surface area contributed by atoms with E-state index in [1.807, 2.05) is 30.3 Å². The number of carbonyl (C=O) groups is 1. The first-order chi connectivity index (χ1) is 8.27. The number of aliphatic hydroxyl groups excluding tert-OH is 1. The summed E-state index contributed by atoms with van der Waals surface area (Å²) in [5, 5.41) is 9.39. The Bertz CT molecular complexity index is 397. The first-order valence-electron chi connectivity index (χ1n) is 5.94. The lowest BCUT2D eigenvalue weighted by molar-refractivity contribution is -0.163. The molecule has 1 aromatic rings. The summed E-state index contributed by atoms with van der Waals surface area (Å²) < 4.78 is 5.24. The topological polar surface area (TPSA) is 72.5 Å². The lowest BCUT2D eigenvalue weighted by Gasteiger charge is -2.29. The maximum Gasteiger partial charge on any atom is 0.329 e. The maximum absolute atomic E-state index is 12.0. The molecule has 18 heavy (non-hydrogen) atoms. The van der Waals surface area contributed by atoms with E-state index >= 15 is 0 Å². The number of hydrogen-bond acceptors (Lipinski definition) is 4. The number of rotatable bonds is 4. The Balaban J connectivity index is 2.82. The molecule has 0 unspecified atom stereocenters. The van der Waals surface area contributed by atoms with Crippen LogP contribution in [0.15, 0.2) is 30.3 Å². The Hall–Kier alpha value is -1.39. The van der Waals surface area contributed by atoms with Crippen molar-refractivity contribution in [1.29, 1.82) is 0 Å². The molecule has 3 N–H and O–H groups in total. The summed E-state index contributed by atoms with van der Waals surface area (Å²) in [7, 11) is 0. The van der Waals surface area contributed by atoms with Gasteiger partial charge in [-0.2, -0.15) is 0 Å². The first-order valence-corrected chi connectivity index (χ1v) is 5.94. The highest BCUT2D eigenvalue weighted by molar-refractivity contribution is 5.81. The van der Waals surface area contributed by atoms with Gasteiger partial charge in [0, 0.05) is 6.42 Å². The molecule has 0 spiro atoms. The molecule has 0 aliphatic carbocycles. The van der Waals surface area contributed by atoms with Gasteiger partial charge in [0.25, 0.3) is 0 Å². The van der Waals surface area contributed by atoms with Crippen LogP contribution in [-0.2, 0) is 16.0 Å². The van der Waals surface area contributed by atoms with Crippen molar-refractivity contribution in [2.45, 2.75) is 38.3 Å². The van der Waals surface area contributed by atoms with E-state index in [9.17, 15) is 9.90 Å². The van der Waals surface area contributed by atoms with E-state index < -0.39 is 23.7 Å². The molecule has 0 fully saturated rings. The summed E-state index contributed by atoms with van der Waals surface area (Å²) in [6.07, 6.45) is 0.249. The van der Waals surface area contributed by atoms with Gasteiger partial charge in [0.1, 0.15) is 11.1 Å². The minimum Gasteiger partial charge on any atom is -0.459 e. The number of esters is 1. The summed E-state index contributed by atoms with van der Waals surface area (Å²) in [6, 6.07) is 9.34. The highest BCUT2D eigenvalue weighted by atomic mass is 16.6. The molecule has 0 radical (unpaired) electrons. The normalized spacial score (nSPS) is 14.9. The largest absolute Gasteiger partial charge is 0.459 e. The second kappa shape index (κ2) is 5.50. The minimum atomic E-state index is -1.39. The molecule has 0 heterocycles. The number of ether oxygens (including phenoxy) is 1. The van der Waals surface area contributed by atoms with Crippen LogP contribution in [-0.4, -0.2) is 28.8 Å². The quantitative estimate of drug-likeness (QED) is 0.790. The van der Waals surface area contributed by atoms with Gasteiger partial charge in [0.05, 0.1) is 6.61 Å². The van der Waals surface area contributed by atoms with Gasteiger partial charge in [0.15, 0.2) is 0 Å². The minimum absolute atomic E-state index is 0.249. The van der Waals surface area contributed by atoms with E-state index in [0.29, 0.717) is 0 Å². The molecule has 0 saturated carbocycles. The van der Waals surface area contributed by atoms with Gasteiger partial charge in [0.2, 0.25) is 0 Å². The molecule has 1 atom stereocenters. The smallest absolute Gasteiger partial charge is 0.329 e. The summed E-state index contributed by atoms with van der Waals surface area (Å²) >= 11 is 0. The fourth-order valence-electron chi connectivity index (χ4n) is 1.53. The molecule has 100 valence electrons. The highest BCUT2D eigenvalue weighted by Crippen LogP contribution is 2.17. The maximum atomic E-state index is 12.0. The lowest BCUT2D eigenvalue weighted by atomic mass is 9.92. The Kier molecular flexibility index (Phi) is 4.48. The van der Waals surface area contributed by atoms with Crippen molar-refractivity contribution < 1.29 is 14.6 Å². The van der Waals surface area contributed by atoms with Crippen LogP contribution in [0.5, 0.6) is 0 Å².